The Morgan fingerprint density at radius 1 is 1.45 bits per heavy atom. The van der Waals surface area contributed by atoms with Gasteiger partial charge in [0.15, 0.2) is 11.5 Å². The molecule has 0 aliphatic carbocycles. The van der Waals surface area contributed by atoms with E-state index in [1.807, 2.05) is 6.07 Å². The number of phenols is 1. The molecular formula is C14H22N2O4. The average Bonchev–Trinajstić information content (AvgIpc) is 2.44. The smallest absolute Gasteiger partial charge is 0.233 e. The van der Waals surface area contributed by atoms with Crippen LogP contribution < -0.4 is 15.4 Å². The summed E-state index contributed by atoms with van der Waals surface area (Å²) >= 11 is 0. The van der Waals surface area contributed by atoms with Crippen LogP contribution in [0.1, 0.15) is 5.56 Å². The van der Waals surface area contributed by atoms with Crippen molar-refractivity contribution in [3.63, 3.8) is 0 Å². The quantitative estimate of drug-likeness (QED) is 0.534. The Bertz CT molecular complexity index is 437. The number of methoxy groups -OCH3 is 1. The number of phenolic OH excluding ortho intramolecular Hbond substituents is 1. The van der Waals surface area contributed by atoms with Crippen LogP contribution >= 0.6 is 0 Å². The van der Waals surface area contributed by atoms with Gasteiger partial charge >= 0.3 is 0 Å². The van der Waals surface area contributed by atoms with E-state index in [4.69, 9.17) is 4.74 Å². The molecule has 0 saturated heterocycles. The minimum atomic E-state index is -0.108. The molecule has 0 aliphatic heterocycles. The Morgan fingerprint density at radius 3 is 2.75 bits per heavy atom. The van der Waals surface area contributed by atoms with E-state index < -0.39 is 0 Å². The Hall–Kier alpha value is -1.79. The number of likely N-dealkylation sites (N-methyl/N-ethyl adjacent to an activating group) is 1. The highest BCUT2D eigenvalue weighted by atomic mass is 16.5. The molecule has 6 heteroatoms. The van der Waals surface area contributed by atoms with Gasteiger partial charge in [0.2, 0.25) is 5.91 Å². The van der Waals surface area contributed by atoms with Gasteiger partial charge in [-0.05, 0) is 31.2 Å². The van der Waals surface area contributed by atoms with Gasteiger partial charge in [0.1, 0.15) is 0 Å². The van der Waals surface area contributed by atoms with Crippen LogP contribution in [0.4, 0.5) is 0 Å². The van der Waals surface area contributed by atoms with Crippen molar-refractivity contribution in [2.75, 3.05) is 33.9 Å². The second-order valence-corrected chi connectivity index (χ2v) is 4.59. The number of ether oxygens (including phenoxy) is 1. The highest BCUT2D eigenvalue weighted by molar-refractivity contribution is 5.77. The van der Waals surface area contributed by atoms with E-state index in [1.54, 1.807) is 19.2 Å². The summed E-state index contributed by atoms with van der Waals surface area (Å²) in [5, 5.41) is 24.5. The Balaban J connectivity index is 2.55. The molecular weight excluding hydrogens is 260 g/mol. The molecule has 1 aromatic carbocycles. The van der Waals surface area contributed by atoms with Gasteiger partial charge in [0.25, 0.3) is 0 Å². The number of nitrogens with one attached hydrogen (secondary N) is 2. The predicted molar refractivity (Wildman–Crippen MR) is 75.9 cm³/mol. The zero-order valence-electron chi connectivity index (χ0n) is 11.8. The molecule has 0 radical (unpaired) electrons. The molecule has 1 aromatic rings. The summed E-state index contributed by atoms with van der Waals surface area (Å²) < 4.78 is 4.97. The van der Waals surface area contributed by atoms with Gasteiger partial charge < -0.3 is 25.6 Å². The molecule has 1 unspecified atom stereocenters. The van der Waals surface area contributed by atoms with Crippen LogP contribution in [0.5, 0.6) is 11.5 Å². The predicted octanol–water partition coefficient (Wildman–Crippen LogP) is -0.113. The maximum Gasteiger partial charge on any atom is 0.233 e. The number of hydrogen-bond acceptors (Lipinski definition) is 5. The number of rotatable bonds is 8. The van der Waals surface area contributed by atoms with E-state index >= 15 is 0 Å². The Morgan fingerprint density at radius 2 is 2.20 bits per heavy atom. The van der Waals surface area contributed by atoms with Gasteiger partial charge in [-0.1, -0.05) is 6.07 Å². The molecule has 0 bridgehead atoms. The lowest BCUT2D eigenvalue weighted by atomic mass is 9.99. The Labute approximate surface area is 118 Å². The minimum absolute atomic E-state index is 0.0351. The van der Waals surface area contributed by atoms with Crippen molar-refractivity contribution in [2.24, 2.45) is 5.92 Å². The van der Waals surface area contributed by atoms with E-state index in [9.17, 15) is 15.0 Å². The first-order chi connectivity index (χ1) is 9.60. The number of carbonyl (C=O) groups excluding carboxylic acids is 1. The number of benzene rings is 1. The van der Waals surface area contributed by atoms with Crippen molar-refractivity contribution in [2.45, 2.75) is 6.42 Å². The van der Waals surface area contributed by atoms with Gasteiger partial charge in [0.05, 0.1) is 13.7 Å². The fourth-order valence-corrected chi connectivity index (χ4v) is 1.88. The molecule has 1 amide bonds. The third-order valence-corrected chi connectivity index (χ3v) is 2.95. The third kappa shape index (κ3) is 5.07. The van der Waals surface area contributed by atoms with Gasteiger partial charge in [-0.15, -0.1) is 0 Å². The fourth-order valence-electron chi connectivity index (χ4n) is 1.88. The summed E-state index contributed by atoms with van der Waals surface area (Å²) in [5.74, 6) is 0.282. The van der Waals surface area contributed by atoms with Crippen molar-refractivity contribution in [3.8, 4) is 11.5 Å². The molecule has 0 aliphatic rings. The molecule has 0 spiro atoms. The van der Waals surface area contributed by atoms with Crippen LogP contribution in [0.25, 0.3) is 0 Å². The van der Waals surface area contributed by atoms with E-state index in [-0.39, 0.29) is 30.7 Å². The lowest BCUT2D eigenvalue weighted by Crippen LogP contribution is -2.36. The topological polar surface area (TPSA) is 90.8 Å². The van der Waals surface area contributed by atoms with E-state index in [1.165, 1.54) is 7.11 Å². The molecule has 4 N–H and O–H groups in total. The van der Waals surface area contributed by atoms with Gasteiger partial charge in [-0.2, -0.15) is 0 Å². The summed E-state index contributed by atoms with van der Waals surface area (Å²) in [6.45, 7) is 0.609. The lowest BCUT2D eigenvalue weighted by Gasteiger charge is -2.15. The highest BCUT2D eigenvalue weighted by Crippen LogP contribution is 2.27. The Kier molecular flexibility index (Phi) is 6.83. The summed E-state index contributed by atoms with van der Waals surface area (Å²) in [4.78, 5) is 11.3. The molecule has 20 heavy (non-hydrogen) atoms. The lowest BCUT2D eigenvalue weighted by molar-refractivity contribution is -0.120. The van der Waals surface area contributed by atoms with Gasteiger partial charge in [-0.3, -0.25) is 4.79 Å². The largest absolute Gasteiger partial charge is 0.504 e. The average molecular weight is 282 g/mol. The number of aliphatic hydroxyl groups excluding tert-OH is 1. The zero-order chi connectivity index (χ0) is 15.0. The van der Waals surface area contributed by atoms with Crippen molar-refractivity contribution in [1.29, 1.82) is 0 Å². The van der Waals surface area contributed by atoms with Crippen LogP contribution in [0.2, 0.25) is 0 Å². The first-order valence-electron chi connectivity index (χ1n) is 6.48. The number of aliphatic hydroxyl groups is 1. The number of amides is 1. The standard InChI is InChI=1S/C14H22N2O4/c1-15-8-14(19)16-7-11(9-17)5-10-3-4-13(20-2)12(18)6-10/h3-4,6,11,15,17-18H,5,7-9H2,1-2H3,(H,16,19). The first-order valence-corrected chi connectivity index (χ1v) is 6.48. The van der Waals surface area contributed by atoms with Crippen LogP contribution in [0.15, 0.2) is 18.2 Å². The van der Waals surface area contributed by atoms with E-state index in [2.05, 4.69) is 10.6 Å². The SMILES string of the molecule is CNCC(=O)NCC(CO)Cc1ccc(OC)c(O)c1. The van der Waals surface area contributed by atoms with Gasteiger partial charge in [0, 0.05) is 19.1 Å². The zero-order valence-corrected chi connectivity index (χ0v) is 11.8. The summed E-state index contributed by atoms with van der Waals surface area (Å²) in [6, 6.07) is 5.12. The molecule has 0 fully saturated rings. The summed E-state index contributed by atoms with van der Waals surface area (Å²) in [5.41, 5.74) is 0.880. The van der Waals surface area contributed by atoms with Crippen LogP contribution in [-0.4, -0.2) is 50.0 Å². The van der Waals surface area contributed by atoms with Gasteiger partial charge in [-0.25, -0.2) is 0 Å². The van der Waals surface area contributed by atoms with Crippen molar-refractivity contribution >= 4 is 5.91 Å². The maximum absolute atomic E-state index is 11.3. The second kappa shape index (κ2) is 8.39. The molecule has 0 heterocycles. The molecule has 1 atom stereocenters. The van der Waals surface area contributed by atoms with Crippen LogP contribution in [0.3, 0.4) is 0 Å². The number of hydrogen-bond donors (Lipinski definition) is 4. The van der Waals surface area contributed by atoms with Crippen LogP contribution in [0, 0.1) is 5.92 Å². The summed E-state index contributed by atoms with van der Waals surface area (Å²) in [6.07, 6.45) is 0.563. The second-order valence-electron chi connectivity index (χ2n) is 4.59. The van der Waals surface area contributed by atoms with E-state index in [0.29, 0.717) is 18.7 Å². The molecule has 112 valence electrons. The monoisotopic (exact) mass is 282 g/mol. The third-order valence-electron chi connectivity index (χ3n) is 2.95. The maximum atomic E-state index is 11.3. The fraction of sp³-hybridized carbons (Fsp3) is 0.500. The molecule has 6 nitrogen and oxygen atoms in total. The highest BCUT2D eigenvalue weighted by Gasteiger charge is 2.12. The molecule has 0 aromatic heterocycles. The van der Waals surface area contributed by atoms with Crippen molar-refractivity contribution < 1.29 is 19.7 Å². The number of carbonyl (C=O) groups is 1. The molecule has 0 saturated carbocycles. The summed E-state index contributed by atoms with van der Waals surface area (Å²) in [7, 11) is 3.19. The van der Waals surface area contributed by atoms with Crippen molar-refractivity contribution in [3.05, 3.63) is 23.8 Å². The van der Waals surface area contributed by atoms with E-state index in [0.717, 1.165) is 5.56 Å². The number of aromatic hydroxyl groups is 1. The minimum Gasteiger partial charge on any atom is -0.504 e. The molecule has 1 rings (SSSR count). The normalized spacial score (nSPS) is 11.9. The first kappa shape index (κ1) is 16.3. The van der Waals surface area contributed by atoms with Crippen molar-refractivity contribution in [1.82, 2.24) is 10.6 Å². The van der Waals surface area contributed by atoms with Crippen LogP contribution in [-0.2, 0) is 11.2 Å².